The van der Waals surface area contributed by atoms with Crippen molar-refractivity contribution in [3.05, 3.63) is 27.4 Å². The van der Waals surface area contributed by atoms with Gasteiger partial charge >= 0.3 is 5.97 Å². The number of nitro groups is 1. The predicted octanol–water partition coefficient (Wildman–Crippen LogP) is 2.84. The Kier molecular flexibility index (Phi) is 4.08. The van der Waals surface area contributed by atoms with Crippen LogP contribution in [0.3, 0.4) is 0 Å². The fraction of sp³-hybridized carbons (Fsp3) is 0.500. The van der Waals surface area contributed by atoms with Crippen LogP contribution in [-0.4, -0.2) is 26.5 Å². The third kappa shape index (κ3) is 3.16. The van der Waals surface area contributed by atoms with Crippen LogP contribution in [0.1, 0.15) is 32.1 Å². The number of nitrogens with zero attached hydrogens (tertiary/aromatic N) is 2. The highest BCUT2D eigenvalue weighted by Gasteiger charge is 2.36. The summed E-state index contributed by atoms with van der Waals surface area (Å²) in [4.78, 5) is 25.0. The fourth-order valence-electron chi connectivity index (χ4n) is 2.56. The number of halogens is 1. The molecule has 2 rings (SSSR count). The molecule has 108 valence electrons. The number of hydrogen-bond acceptors (Lipinski definition) is 5. The maximum atomic E-state index is 11.0. The molecule has 0 aliphatic heterocycles. The normalized spacial score (nSPS) is 16.9. The van der Waals surface area contributed by atoms with Crippen LogP contribution in [0.15, 0.2) is 12.3 Å². The van der Waals surface area contributed by atoms with Gasteiger partial charge in [-0.25, -0.2) is 4.98 Å². The van der Waals surface area contributed by atoms with Crippen molar-refractivity contribution >= 4 is 29.1 Å². The van der Waals surface area contributed by atoms with Gasteiger partial charge in [-0.2, -0.15) is 0 Å². The first-order chi connectivity index (χ1) is 9.42. The summed E-state index contributed by atoms with van der Waals surface area (Å²) in [6, 6.07) is 1.21. The van der Waals surface area contributed by atoms with Gasteiger partial charge in [-0.15, -0.1) is 0 Å². The summed E-state index contributed by atoms with van der Waals surface area (Å²) >= 11 is 5.97. The van der Waals surface area contributed by atoms with E-state index in [0.717, 1.165) is 19.0 Å². The summed E-state index contributed by atoms with van der Waals surface area (Å²) < 4.78 is 0. The van der Waals surface area contributed by atoms with E-state index in [-0.39, 0.29) is 17.1 Å². The van der Waals surface area contributed by atoms with Crippen LogP contribution in [0.25, 0.3) is 0 Å². The molecule has 0 bridgehead atoms. The molecule has 7 nitrogen and oxygen atoms in total. The van der Waals surface area contributed by atoms with Crippen LogP contribution < -0.4 is 5.32 Å². The summed E-state index contributed by atoms with van der Waals surface area (Å²) in [5.41, 5.74) is -0.766. The molecule has 2 N–H and O–H groups in total. The van der Waals surface area contributed by atoms with E-state index in [4.69, 9.17) is 16.7 Å². The van der Waals surface area contributed by atoms with E-state index in [1.165, 1.54) is 6.07 Å². The second kappa shape index (κ2) is 5.62. The monoisotopic (exact) mass is 299 g/mol. The number of aromatic nitrogens is 1. The minimum absolute atomic E-state index is 0.0258. The Hall–Kier alpha value is -1.89. The first kappa shape index (κ1) is 14.5. The van der Waals surface area contributed by atoms with Crippen molar-refractivity contribution in [3.8, 4) is 0 Å². The Morgan fingerprint density at radius 1 is 1.55 bits per heavy atom. The highest BCUT2D eigenvalue weighted by atomic mass is 35.5. The summed E-state index contributed by atoms with van der Waals surface area (Å²) in [5, 5.41) is 22.8. The van der Waals surface area contributed by atoms with Crippen molar-refractivity contribution in [1.82, 2.24) is 4.98 Å². The molecule has 1 aromatic rings. The van der Waals surface area contributed by atoms with Crippen molar-refractivity contribution in [3.63, 3.8) is 0 Å². The molecule has 0 spiro atoms. The smallest absolute Gasteiger partial charge is 0.305 e. The SMILES string of the molecule is O=C(O)CC1(Nc2ncc([N+](=O)[O-])cc2Cl)CCCC1. The molecule has 1 aliphatic carbocycles. The van der Waals surface area contributed by atoms with E-state index in [0.29, 0.717) is 18.7 Å². The lowest BCUT2D eigenvalue weighted by Gasteiger charge is -2.29. The molecule has 1 aliphatic rings. The van der Waals surface area contributed by atoms with Crippen LogP contribution in [-0.2, 0) is 4.79 Å². The standard InChI is InChI=1S/C12H14ClN3O4/c13-9-5-8(16(19)20)7-14-11(9)15-12(6-10(17)18)3-1-2-4-12/h5,7H,1-4,6H2,(H,14,15)(H,17,18). The average molecular weight is 300 g/mol. The molecule has 0 amide bonds. The van der Waals surface area contributed by atoms with Crippen LogP contribution in [0, 0.1) is 10.1 Å². The van der Waals surface area contributed by atoms with Crippen molar-refractivity contribution in [1.29, 1.82) is 0 Å². The molecule has 0 atom stereocenters. The van der Waals surface area contributed by atoms with Gasteiger partial charge in [0.15, 0.2) is 0 Å². The van der Waals surface area contributed by atoms with Crippen LogP contribution >= 0.6 is 11.6 Å². The van der Waals surface area contributed by atoms with E-state index >= 15 is 0 Å². The second-order valence-electron chi connectivity index (χ2n) is 4.96. The van der Waals surface area contributed by atoms with E-state index < -0.39 is 16.4 Å². The number of carboxylic acid groups (broad SMARTS) is 1. The minimum Gasteiger partial charge on any atom is -0.481 e. The Labute approximate surface area is 120 Å². The first-order valence-corrected chi connectivity index (χ1v) is 6.60. The number of rotatable bonds is 5. The Morgan fingerprint density at radius 3 is 2.70 bits per heavy atom. The van der Waals surface area contributed by atoms with E-state index in [9.17, 15) is 14.9 Å². The van der Waals surface area contributed by atoms with Gasteiger partial charge in [-0.1, -0.05) is 24.4 Å². The lowest BCUT2D eigenvalue weighted by molar-refractivity contribution is -0.385. The molecule has 0 aromatic carbocycles. The quantitative estimate of drug-likeness (QED) is 0.639. The largest absolute Gasteiger partial charge is 0.481 e. The molecule has 0 saturated heterocycles. The van der Waals surface area contributed by atoms with Crippen molar-refractivity contribution in [2.45, 2.75) is 37.6 Å². The molecule has 1 heterocycles. The van der Waals surface area contributed by atoms with E-state index in [1.54, 1.807) is 0 Å². The molecule has 1 aromatic heterocycles. The van der Waals surface area contributed by atoms with Crippen molar-refractivity contribution in [2.75, 3.05) is 5.32 Å². The lowest BCUT2D eigenvalue weighted by atomic mass is 9.93. The highest BCUT2D eigenvalue weighted by Crippen LogP contribution is 2.37. The van der Waals surface area contributed by atoms with Gasteiger partial charge in [0.2, 0.25) is 0 Å². The molecule has 1 saturated carbocycles. The Bertz CT molecular complexity index is 544. The third-order valence-corrected chi connectivity index (χ3v) is 3.76. The van der Waals surface area contributed by atoms with Gasteiger partial charge in [-0.3, -0.25) is 14.9 Å². The van der Waals surface area contributed by atoms with Crippen LogP contribution in [0.5, 0.6) is 0 Å². The topological polar surface area (TPSA) is 105 Å². The number of pyridine rings is 1. The van der Waals surface area contributed by atoms with Gasteiger partial charge in [0.25, 0.3) is 5.69 Å². The van der Waals surface area contributed by atoms with Crippen molar-refractivity contribution < 1.29 is 14.8 Å². The number of aliphatic carboxylic acids is 1. The lowest BCUT2D eigenvalue weighted by Crippen LogP contribution is -2.38. The van der Waals surface area contributed by atoms with Gasteiger partial charge in [-0.05, 0) is 12.8 Å². The average Bonchev–Trinajstić information content (AvgIpc) is 2.79. The highest BCUT2D eigenvalue weighted by molar-refractivity contribution is 6.33. The third-order valence-electron chi connectivity index (χ3n) is 3.47. The Balaban J connectivity index is 2.23. The fourth-order valence-corrected chi connectivity index (χ4v) is 2.77. The van der Waals surface area contributed by atoms with Gasteiger partial charge in [0.1, 0.15) is 12.0 Å². The molecular weight excluding hydrogens is 286 g/mol. The van der Waals surface area contributed by atoms with E-state index in [1.807, 2.05) is 0 Å². The van der Waals surface area contributed by atoms with E-state index in [2.05, 4.69) is 10.3 Å². The molecular formula is C12H14ClN3O4. The maximum absolute atomic E-state index is 11.0. The zero-order valence-corrected chi connectivity index (χ0v) is 11.4. The second-order valence-corrected chi connectivity index (χ2v) is 5.37. The zero-order chi connectivity index (χ0) is 14.8. The maximum Gasteiger partial charge on any atom is 0.305 e. The number of hydrogen-bond donors (Lipinski definition) is 2. The molecule has 1 fully saturated rings. The summed E-state index contributed by atoms with van der Waals surface area (Å²) in [6.07, 6.45) is 4.39. The molecule has 0 unspecified atom stereocenters. The number of anilines is 1. The zero-order valence-electron chi connectivity index (χ0n) is 10.6. The molecule has 20 heavy (non-hydrogen) atoms. The number of nitrogens with one attached hydrogen (secondary N) is 1. The summed E-state index contributed by atoms with van der Waals surface area (Å²) in [5.74, 6) is -0.599. The minimum atomic E-state index is -0.891. The summed E-state index contributed by atoms with van der Waals surface area (Å²) in [6.45, 7) is 0. The van der Waals surface area contributed by atoms with Crippen LogP contribution in [0.4, 0.5) is 11.5 Å². The molecule has 0 radical (unpaired) electrons. The Morgan fingerprint density at radius 2 is 2.20 bits per heavy atom. The van der Waals surface area contributed by atoms with Gasteiger partial charge in [0, 0.05) is 11.6 Å². The van der Waals surface area contributed by atoms with Gasteiger partial charge in [0.05, 0.1) is 16.4 Å². The first-order valence-electron chi connectivity index (χ1n) is 6.22. The molecule has 8 heteroatoms. The summed E-state index contributed by atoms with van der Waals surface area (Å²) in [7, 11) is 0. The van der Waals surface area contributed by atoms with Crippen molar-refractivity contribution in [2.24, 2.45) is 0 Å². The number of carbonyl (C=O) groups is 1. The van der Waals surface area contributed by atoms with Crippen LogP contribution in [0.2, 0.25) is 5.02 Å². The predicted molar refractivity (Wildman–Crippen MR) is 73.0 cm³/mol. The van der Waals surface area contributed by atoms with Gasteiger partial charge < -0.3 is 10.4 Å². The number of carboxylic acids is 1.